The second-order valence-corrected chi connectivity index (χ2v) is 3.47. The first-order chi connectivity index (χ1) is 7.09. The number of hydrogen-bond donors (Lipinski definition) is 1. The molecule has 15 heavy (non-hydrogen) atoms. The molecule has 78 valence electrons. The molecule has 1 aromatic heterocycles. The second kappa shape index (κ2) is 3.30. The number of hydrogen-bond acceptors (Lipinski definition) is 4. The van der Waals surface area contributed by atoms with E-state index in [-0.39, 0.29) is 0 Å². The van der Waals surface area contributed by atoms with Gasteiger partial charge in [0.1, 0.15) is 0 Å². The number of nitro groups is 1. The molecule has 2 rings (SSSR count). The van der Waals surface area contributed by atoms with E-state index in [1.807, 2.05) is 0 Å². The standard InChI is InChI=1S/C9H8N2O4/c12-9(13)8-7(11(14)15)3-6(4-10-8)5-1-2-5/h3-5H,1-2H2,(H,12,13). The van der Waals surface area contributed by atoms with Crippen molar-refractivity contribution in [2.24, 2.45) is 0 Å². The molecule has 0 radical (unpaired) electrons. The summed E-state index contributed by atoms with van der Waals surface area (Å²) in [6.45, 7) is 0. The molecule has 0 amide bonds. The van der Waals surface area contributed by atoms with Crippen LogP contribution in [0.25, 0.3) is 0 Å². The van der Waals surface area contributed by atoms with Crippen molar-refractivity contribution in [1.82, 2.24) is 4.98 Å². The van der Waals surface area contributed by atoms with Gasteiger partial charge in [0.25, 0.3) is 0 Å². The Morgan fingerprint density at radius 3 is 2.73 bits per heavy atom. The van der Waals surface area contributed by atoms with E-state index in [0.29, 0.717) is 5.92 Å². The van der Waals surface area contributed by atoms with Crippen LogP contribution in [0.4, 0.5) is 5.69 Å². The van der Waals surface area contributed by atoms with Gasteiger partial charge in [0, 0.05) is 12.3 Å². The van der Waals surface area contributed by atoms with Crippen LogP contribution < -0.4 is 0 Å². The highest BCUT2D eigenvalue weighted by Crippen LogP contribution is 2.40. The Hall–Kier alpha value is -1.98. The molecule has 1 aliphatic carbocycles. The Bertz CT molecular complexity index is 440. The van der Waals surface area contributed by atoms with Crippen molar-refractivity contribution < 1.29 is 14.8 Å². The van der Waals surface area contributed by atoms with Crippen molar-refractivity contribution in [2.75, 3.05) is 0 Å². The largest absolute Gasteiger partial charge is 0.476 e. The third kappa shape index (κ3) is 1.78. The van der Waals surface area contributed by atoms with E-state index in [0.717, 1.165) is 18.4 Å². The summed E-state index contributed by atoms with van der Waals surface area (Å²) in [5, 5.41) is 19.3. The van der Waals surface area contributed by atoms with Crippen LogP contribution in [0.15, 0.2) is 12.3 Å². The number of carbonyl (C=O) groups is 1. The lowest BCUT2D eigenvalue weighted by atomic mass is 10.1. The third-order valence-corrected chi connectivity index (χ3v) is 2.34. The number of aromatic carboxylic acids is 1. The summed E-state index contributed by atoms with van der Waals surface area (Å²) in [5.41, 5.74) is -0.164. The first-order valence-electron chi connectivity index (χ1n) is 4.47. The zero-order valence-electron chi connectivity index (χ0n) is 7.71. The van der Waals surface area contributed by atoms with E-state index in [9.17, 15) is 14.9 Å². The molecule has 1 saturated carbocycles. The van der Waals surface area contributed by atoms with E-state index in [4.69, 9.17) is 5.11 Å². The van der Waals surface area contributed by atoms with Crippen LogP contribution in [0.1, 0.15) is 34.8 Å². The predicted octanol–water partition coefficient (Wildman–Crippen LogP) is 1.57. The molecule has 0 saturated heterocycles. The minimum Gasteiger partial charge on any atom is -0.476 e. The average molecular weight is 208 g/mol. The Balaban J connectivity index is 2.48. The van der Waals surface area contributed by atoms with E-state index in [2.05, 4.69) is 4.98 Å². The lowest BCUT2D eigenvalue weighted by Crippen LogP contribution is -2.06. The van der Waals surface area contributed by atoms with Crippen LogP contribution in [0.2, 0.25) is 0 Å². The van der Waals surface area contributed by atoms with E-state index in [1.54, 1.807) is 0 Å². The van der Waals surface area contributed by atoms with Gasteiger partial charge < -0.3 is 5.11 Å². The summed E-state index contributed by atoms with van der Waals surface area (Å²) in [6.07, 6.45) is 3.39. The van der Waals surface area contributed by atoms with Gasteiger partial charge in [0.15, 0.2) is 0 Å². The zero-order valence-corrected chi connectivity index (χ0v) is 7.71. The van der Waals surface area contributed by atoms with Gasteiger partial charge in [-0.25, -0.2) is 9.78 Å². The second-order valence-electron chi connectivity index (χ2n) is 3.47. The molecule has 0 aliphatic heterocycles. The number of nitrogens with zero attached hydrogens (tertiary/aromatic N) is 2. The van der Waals surface area contributed by atoms with Crippen LogP contribution in [-0.2, 0) is 0 Å². The monoisotopic (exact) mass is 208 g/mol. The highest BCUT2D eigenvalue weighted by molar-refractivity contribution is 5.90. The summed E-state index contributed by atoms with van der Waals surface area (Å²) in [4.78, 5) is 24.2. The fourth-order valence-corrected chi connectivity index (χ4v) is 1.41. The van der Waals surface area contributed by atoms with Gasteiger partial charge in [-0.05, 0) is 24.3 Å². The van der Waals surface area contributed by atoms with Crippen LogP contribution in [-0.4, -0.2) is 21.0 Å². The molecule has 1 N–H and O–H groups in total. The van der Waals surface area contributed by atoms with E-state index < -0.39 is 22.3 Å². The summed E-state index contributed by atoms with van der Waals surface area (Å²) >= 11 is 0. The average Bonchev–Trinajstić information content (AvgIpc) is 2.99. The van der Waals surface area contributed by atoms with Crippen LogP contribution in [0, 0.1) is 10.1 Å². The highest BCUT2D eigenvalue weighted by atomic mass is 16.6. The van der Waals surface area contributed by atoms with Gasteiger partial charge in [0.05, 0.1) is 4.92 Å². The lowest BCUT2D eigenvalue weighted by Gasteiger charge is -2.00. The fraction of sp³-hybridized carbons (Fsp3) is 0.333. The van der Waals surface area contributed by atoms with E-state index in [1.165, 1.54) is 12.3 Å². The molecule has 0 atom stereocenters. The number of rotatable bonds is 3. The summed E-state index contributed by atoms with van der Waals surface area (Å²) in [5.74, 6) is -1.05. The maximum atomic E-state index is 10.7. The van der Waals surface area contributed by atoms with Crippen LogP contribution in [0.5, 0.6) is 0 Å². The van der Waals surface area contributed by atoms with Crippen LogP contribution >= 0.6 is 0 Å². The van der Waals surface area contributed by atoms with Gasteiger partial charge in [-0.15, -0.1) is 0 Å². The van der Waals surface area contributed by atoms with Gasteiger partial charge in [-0.1, -0.05) is 0 Å². The number of aromatic nitrogens is 1. The molecule has 0 spiro atoms. The summed E-state index contributed by atoms with van der Waals surface area (Å²) < 4.78 is 0. The molecular formula is C9H8N2O4. The third-order valence-electron chi connectivity index (χ3n) is 2.34. The summed E-state index contributed by atoms with van der Waals surface area (Å²) in [6, 6.07) is 1.31. The molecular weight excluding hydrogens is 200 g/mol. The topological polar surface area (TPSA) is 93.3 Å². The first kappa shape index (κ1) is 9.57. The lowest BCUT2D eigenvalue weighted by molar-refractivity contribution is -0.385. The van der Waals surface area contributed by atoms with Gasteiger partial charge in [-0.3, -0.25) is 10.1 Å². The van der Waals surface area contributed by atoms with Crippen molar-refractivity contribution in [3.8, 4) is 0 Å². The minimum atomic E-state index is -1.37. The normalized spacial score (nSPS) is 14.9. The Kier molecular flexibility index (Phi) is 2.11. The van der Waals surface area contributed by atoms with Crippen molar-refractivity contribution in [2.45, 2.75) is 18.8 Å². The molecule has 0 bridgehead atoms. The molecule has 1 aliphatic rings. The maximum Gasteiger partial charge on any atom is 0.361 e. The first-order valence-corrected chi connectivity index (χ1v) is 4.47. The van der Waals surface area contributed by atoms with Crippen LogP contribution in [0.3, 0.4) is 0 Å². The van der Waals surface area contributed by atoms with Crippen molar-refractivity contribution >= 4 is 11.7 Å². The Morgan fingerprint density at radius 1 is 1.60 bits per heavy atom. The number of carboxylic acids is 1. The van der Waals surface area contributed by atoms with Crippen molar-refractivity contribution in [3.63, 3.8) is 0 Å². The maximum absolute atomic E-state index is 10.7. The number of pyridine rings is 1. The number of carboxylic acid groups (broad SMARTS) is 1. The fourth-order valence-electron chi connectivity index (χ4n) is 1.41. The zero-order chi connectivity index (χ0) is 11.0. The molecule has 0 aromatic carbocycles. The molecule has 1 heterocycles. The molecule has 6 heteroatoms. The van der Waals surface area contributed by atoms with E-state index >= 15 is 0 Å². The van der Waals surface area contributed by atoms with Gasteiger partial charge in [0.2, 0.25) is 5.69 Å². The van der Waals surface area contributed by atoms with Crippen molar-refractivity contribution in [1.29, 1.82) is 0 Å². The molecule has 0 unspecified atom stereocenters. The smallest absolute Gasteiger partial charge is 0.361 e. The molecule has 1 aromatic rings. The Labute approximate surface area is 84.7 Å². The highest BCUT2D eigenvalue weighted by Gasteiger charge is 2.28. The SMILES string of the molecule is O=C(O)c1ncc(C2CC2)cc1[N+](=O)[O-]. The minimum absolute atomic E-state index is 0.319. The van der Waals surface area contributed by atoms with Gasteiger partial charge in [-0.2, -0.15) is 0 Å². The molecule has 1 fully saturated rings. The van der Waals surface area contributed by atoms with Gasteiger partial charge >= 0.3 is 11.7 Å². The predicted molar refractivity (Wildman–Crippen MR) is 49.8 cm³/mol. The Morgan fingerprint density at radius 2 is 2.27 bits per heavy atom. The van der Waals surface area contributed by atoms with Crippen molar-refractivity contribution in [3.05, 3.63) is 33.6 Å². The summed E-state index contributed by atoms with van der Waals surface area (Å²) in [7, 11) is 0. The quantitative estimate of drug-likeness (QED) is 0.601. The molecule has 6 nitrogen and oxygen atoms in total.